The molecule has 178 valence electrons. The van der Waals surface area contributed by atoms with Crippen molar-refractivity contribution in [2.75, 3.05) is 12.0 Å². The monoisotopic (exact) mass is 479 g/mol. The lowest BCUT2D eigenvalue weighted by molar-refractivity contribution is -0.127. The SMILES string of the molecule is COc1ccc2cc3n(c2c1)C[C@](C)(C(=O)NC1CCCCC1)N(c1cc(Cl)ccc1C)C3=O. The Labute approximate surface area is 204 Å². The molecule has 2 heterocycles. The molecule has 1 saturated carbocycles. The van der Waals surface area contributed by atoms with Crippen molar-refractivity contribution in [3.05, 3.63) is 58.7 Å². The fourth-order valence-electron chi connectivity index (χ4n) is 5.39. The highest BCUT2D eigenvalue weighted by atomic mass is 35.5. The molecule has 1 fully saturated rings. The molecule has 2 amide bonds. The normalized spacial score (nSPS) is 20.9. The van der Waals surface area contributed by atoms with E-state index in [0.29, 0.717) is 28.7 Å². The first-order chi connectivity index (χ1) is 16.3. The van der Waals surface area contributed by atoms with Crippen LogP contribution in [0, 0.1) is 6.92 Å². The Balaban J connectivity index is 1.65. The number of carbonyl (C=O) groups is 2. The van der Waals surface area contributed by atoms with Crippen LogP contribution >= 0.6 is 11.6 Å². The predicted molar refractivity (Wildman–Crippen MR) is 135 cm³/mol. The van der Waals surface area contributed by atoms with Gasteiger partial charge in [0.15, 0.2) is 0 Å². The van der Waals surface area contributed by atoms with Gasteiger partial charge in [0.25, 0.3) is 5.91 Å². The Kier molecular flexibility index (Phi) is 5.80. The number of aryl methyl sites for hydroxylation is 1. The van der Waals surface area contributed by atoms with E-state index in [4.69, 9.17) is 16.3 Å². The van der Waals surface area contributed by atoms with Gasteiger partial charge in [0.05, 0.1) is 19.2 Å². The number of anilines is 1. The largest absolute Gasteiger partial charge is 0.497 e. The van der Waals surface area contributed by atoms with Crippen molar-refractivity contribution in [1.82, 2.24) is 9.88 Å². The minimum absolute atomic E-state index is 0.137. The van der Waals surface area contributed by atoms with Gasteiger partial charge in [0.2, 0.25) is 5.91 Å². The number of benzene rings is 2. The fourth-order valence-corrected chi connectivity index (χ4v) is 5.55. The van der Waals surface area contributed by atoms with Gasteiger partial charge in [-0.1, -0.05) is 36.9 Å². The second kappa shape index (κ2) is 8.66. The third kappa shape index (κ3) is 3.74. The first-order valence-electron chi connectivity index (χ1n) is 11.9. The molecular formula is C27H30ClN3O3. The van der Waals surface area contributed by atoms with E-state index in [0.717, 1.165) is 42.1 Å². The second-order valence-corrected chi connectivity index (χ2v) is 10.1. The molecule has 1 aliphatic carbocycles. The van der Waals surface area contributed by atoms with Crippen molar-refractivity contribution in [1.29, 1.82) is 0 Å². The highest BCUT2D eigenvalue weighted by molar-refractivity contribution is 6.31. The van der Waals surface area contributed by atoms with Crippen LogP contribution in [0.4, 0.5) is 5.69 Å². The molecule has 2 aliphatic rings. The number of ether oxygens (including phenoxy) is 1. The molecule has 1 aromatic heterocycles. The van der Waals surface area contributed by atoms with E-state index < -0.39 is 5.54 Å². The minimum Gasteiger partial charge on any atom is -0.497 e. The van der Waals surface area contributed by atoms with Crippen molar-refractivity contribution < 1.29 is 14.3 Å². The van der Waals surface area contributed by atoms with Gasteiger partial charge < -0.3 is 14.6 Å². The van der Waals surface area contributed by atoms with Crippen molar-refractivity contribution in [2.24, 2.45) is 0 Å². The molecule has 7 heteroatoms. The Hall–Kier alpha value is -2.99. The molecule has 34 heavy (non-hydrogen) atoms. The Morgan fingerprint density at radius 3 is 2.62 bits per heavy atom. The Bertz CT molecular complexity index is 1280. The third-order valence-electron chi connectivity index (χ3n) is 7.33. The van der Waals surface area contributed by atoms with Crippen molar-refractivity contribution >= 4 is 40.0 Å². The molecule has 0 saturated heterocycles. The van der Waals surface area contributed by atoms with Crippen molar-refractivity contribution in [3.63, 3.8) is 0 Å². The summed E-state index contributed by atoms with van der Waals surface area (Å²) < 4.78 is 7.38. The zero-order valence-electron chi connectivity index (χ0n) is 19.9. The predicted octanol–water partition coefficient (Wildman–Crippen LogP) is 5.48. The quantitative estimate of drug-likeness (QED) is 0.539. The average molecular weight is 480 g/mol. The summed E-state index contributed by atoms with van der Waals surface area (Å²) in [7, 11) is 1.62. The van der Waals surface area contributed by atoms with Crippen LogP contribution in [0.1, 0.15) is 55.1 Å². The summed E-state index contributed by atoms with van der Waals surface area (Å²) in [4.78, 5) is 29.6. The topological polar surface area (TPSA) is 63.6 Å². The summed E-state index contributed by atoms with van der Waals surface area (Å²) in [5, 5.41) is 4.73. The summed E-state index contributed by atoms with van der Waals surface area (Å²) in [5.74, 6) is 0.359. The molecule has 3 aromatic rings. The number of rotatable bonds is 4. The zero-order chi connectivity index (χ0) is 24.0. The van der Waals surface area contributed by atoms with Crippen molar-refractivity contribution in [3.8, 4) is 5.75 Å². The highest BCUT2D eigenvalue weighted by Gasteiger charge is 2.49. The summed E-state index contributed by atoms with van der Waals surface area (Å²) in [6.45, 7) is 4.13. The molecule has 1 atom stereocenters. The van der Waals surface area contributed by atoms with Crippen LogP contribution in [-0.2, 0) is 11.3 Å². The van der Waals surface area contributed by atoms with E-state index >= 15 is 0 Å². The minimum atomic E-state index is -1.13. The lowest BCUT2D eigenvalue weighted by atomic mass is 9.90. The molecule has 1 aliphatic heterocycles. The summed E-state index contributed by atoms with van der Waals surface area (Å²) in [6, 6.07) is 13.3. The van der Waals surface area contributed by atoms with Gasteiger partial charge in [-0.05, 0) is 62.6 Å². The standard InChI is InChI=1S/C27H30ClN3O3/c1-17-9-11-19(28)14-22(17)31-25(32)24-13-18-10-12-21(34-3)15-23(18)30(24)16-27(31,2)26(33)29-20-7-5-4-6-8-20/h9-15,20H,4-8,16H2,1-3H3,(H,29,33)/t27-/m1/s1. The van der Waals surface area contributed by atoms with Gasteiger partial charge in [-0.25, -0.2) is 0 Å². The molecule has 1 N–H and O–H groups in total. The number of methoxy groups -OCH3 is 1. The maximum absolute atomic E-state index is 14.1. The number of carbonyl (C=O) groups excluding carboxylic acids is 2. The van der Waals surface area contributed by atoms with Crippen LogP contribution in [0.3, 0.4) is 0 Å². The first kappa shape index (κ1) is 22.8. The number of fused-ring (bicyclic) bond motifs is 3. The number of amides is 2. The molecule has 0 bridgehead atoms. The number of aromatic nitrogens is 1. The molecular weight excluding hydrogens is 450 g/mol. The summed E-state index contributed by atoms with van der Waals surface area (Å²) in [6.07, 6.45) is 5.38. The van der Waals surface area contributed by atoms with Gasteiger partial charge in [0.1, 0.15) is 17.0 Å². The maximum Gasteiger partial charge on any atom is 0.275 e. The van der Waals surface area contributed by atoms with Gasteiger partial charge in [-0.3, -0.25) is 14.5 Å². The van der Waals surface area contributed by atoms with E-state index in [-0.39, 0.29) is 17.9 Å². The van der Waals surface area contributed by atoms with E-state index in [1.807, 2.05) is 48.7 Å². The molecule has 2 aromatic carbocycles. The number of hydrogen-bond acceptors (Lipinski definition) is 3. The molecule has 0 radical (unpaired) electrons. The average Bonchev–Trinajstić information content (AvgIpc) is 3.19. The van der Waals surface area contributed by atoms with Crippen LogP contribution in [0.15, 0.2) is 42.5 Å². The third-order valence-corrected chi connectivity index (χ3v) is 7.57. The molecule has 0 spiro atoms. The van der Waals surface area contributed by atoms with Gasteiger partial charge in [0, 0.05) is 28.2 Å². The van der Waals surface area contributed by atoms with E-state index in [1.165, 1.54) is 6.42 Å². The lowest BCUT2D eigenvalue weighted by Crippen LogP contribution is -2.65. The van der Waals surface area contributed by atoms with E-state index in [9.17, 15) is 9.59 Å². The smallest absolute Gasteiger partial charge is 0.275 e. The Morgan fingerprint density at radius 2 is 1.88 bits per heavy atom. The first-order valence-corrected chi connectivity index (χ1v) is 12.3. The van der Waals surface area contributed by atoms with Crippen molar-refractivity contribution in [2.45, 2.75) is 64.1 Å². The fraction of sp³-hybridized carbons (Fsp3) is 0.407. The van der Waals surface area contributed by atoms with Gasteiger partial charge in [-0.2, -0.15) is 0 Å². The van der Waals surface area contributed by atoms with Crippen LogP contribution < -0.4 is 15.0 Å². The van der Waals surface area contributed by atoms with Crippen LogP contribution in [-0.4, -0.2) is 35.1 Å². The van der Waals surface area contributed by atoms with Gasteiger partial charge >= 0.3 is 0 Å². The van der Waals surface area contributed by atoms with Crippen LogP contribution in [0.25, 0.3) is 10.9 Å². The van der Waals surface area contributed by atoms with Crippen LogP contribution in [0.5, 0.6) is 5.75 Å². The van der Waals surface area contributed by atoms with E-state index in [2.05, 4.69) is 5.32 Å². The number of hydrogen-bond donors (Lipinski definition) is 1. The lowest BCUT2D eigenvalue weighted by Gasteiger charge is -2.45. The van der Waals surface area contributed by atoms with E-state index in [1.54, 1.807) is 24.1 Å². The molecule has 0 unspecified atom stereocenters. The second-order valence-electron chi connectivity index (χ2n) is 9.69. The highest BCUT2D eigenvalue weighted by Crippen LogP contribution is 2.39. The zero-order valence-corrected chi connectivity index (χ0v) is 20.6. The Morgan fingerprint density at radius 1 is 1.12 bits per heavy atom. The molecule has 6 nitrogen and oxygen atoms in total. The number of nitrogens with one attached hydrogen (secondary N) is 1. The van der Waals surface area contributed by atoms with Crippen LogP contribution in [0.2, 0.25) is 5.02 Å². The van der Waals surface area contributed by atoms with Gasteiger partial charge in [-0.15, -0.1) is 0 Å². The number of halogens is 1. The number of nitrogens with zero attached hydrogens (tertiary/aromatic N) is 2. The maximum atomic E-state index is 14.1. The molecule has 5 rings (SSSR count). The summed E-state index contributed by atoms with van der Waals surface area (Å²) in [5.41, 5.74) is 1.84. The summed E-state index contributed by atoms with van der Waals surface area (Å²) >= 11 is 6.35.